The smallest absolute Gasteiger partial charge is 0.251 e. The average molecular weight is 429 g/mol. The average Bonchev–Trinajstić information content (AvgIpc) is 2.68. The number of carbonyl (C=O) groups excluding carboxylic acids is 1. The number of nitrogens with one attached hydrogen (secondary N) is 2. The molecule has 1 aliphatic carbocycles. The second-order valence-corrected chi connectivity index (χ2v) is 8.33. The molecule has 2 N–H and O–H groups in total. The van der Waals surface area contributed by atoms with E-state index in [0.717, 1.165) is 48.0 Å². The Kier molecular flexibility index (Phi) is 5.88. The van der Waals surface area contributed by atoms with Crippen LogP contribution in [-0.2, 0) is 0 Å². The zero-order chi connectivity index (χ0) is 20.4. The van der Waals surface area contributed by atoms with E-state index in [1.807, 2.05) is 31.2 Å². The van der Waals surface area contributed by atoms with Gasteiger partial charge in [-0.05, 0) is 69.0 Å². The maximum Gasteiger partial charge on any atom is 0.251 e. The molecule has 3 aromatic rings. The molecule has 1 aromatic carbocycles. The molecule has 2 heterocycles. The molecule has 150 valence electrons. The lowest BCUT2D eigenvalue weighted by Gasteiger charge is -2.30. The van der Waals surface area contributed by atoms with Crippen LogP contribution in [0, 0.1) is 6.92 Å². The highest BCUT2D eigenvalue weighted by atomic mass is 35.5. The van der Waals surface area contributed by atoms with Crippen LogP contribution < -0.4 is 10.6 Å². The van der Waals surface area contributed by atoms with E-state index < -0.39 is 0 Å². The Hall–Kier alpha value is -2.37. The molecular weight excluding hydrogens is 407 g/mol. The van der Waals surface area contributed by atoms with Crippen molar-refractivity contribution in [2.75, 3.05) is 5.32 Å². The predicted octanol–water partition coefficient (Wildman–Crippen LogP) is 5.40. The van der Waals surface area contributed by atoms with Crippen molar-refractivity contribution >= 4 is 45.7 Å². The zero-order valence-electron chi connectivity index (χ0n) is 16.1. The summed E-state index contributed by atoms with van der Waals surface area (Å²) in [5, 5.41) is 8.87. The molecule has 1 fully saturated rings. The summed E-state index contributed by atoms with van der Waals surface area (Å²) in [6.45, 7) is 1.83. The number of hydrogen-bond acceptors (Lipinski definition) is 4. The van der Waals surface area contributed by atoms with Crippen LogP contribution in [0.3, 0.4) is 0 Å². The van der Waals surface area contributed by atoms with Gasteiger partial charge in [-0.3, -0.25) is 9.78 Å². The minimum atomic E-state index is -0.0918. The number of pyridine rings is 2. The molecule has 1 amide bonds. The van der Waals surface area contributed by atoms with Gasteiger partial charge >= 0.3 is 0 Å². The van der Waals surface area contributed by atoms with Crippen molar-refractivity contribution in [2.45, 2.75) is 44.7 Å². The quantitative estimate of drug-likeness (QED) is 0.545. The van der Waals surface area contributed by atoms with Gasteiger partial charge in [0.1, 0.15) is 5.15 Å². The number of carbonyl (C=O) groups is 1. The van der Waals surface area contributed by atoms with Crippen LogP contribution in [0.2, 0.25) is 10.2 Å². The fourth-order valence-corrected chi connectivity index (χ4v) is 4.29. The Bertz CT molecular complexity index is 1030. The van der Waals surface area contributed by atoms with Crippen LogP contribution >= 0.6 is 23.2 Å². The summed E-state index contributed by atoms with van der Waals surface area (Å²) in [4.78, 5) is 21.0. The molecule has 1 aliphatic rings. The van der Waals surface area contributed by atoms with E-state index in [0.29, 0.717) is 21.8 Å². The van der Waals surface area contributed by atoms with Gasteiger partial charge in [0.2, 0.25) is 0 Å². The second-order valence-electron chi connectivity index (χ2n) is 7.51. The summed E-state index contributed by atoms with van der Waals surface area (Å²) >= 11 is 12.0. The monoisotopic (exact) mass is 428 g/mol. The van der Waals surface area contributed by atoms with Gasteiger partial charge in [0.15, 0.2) is 0 Å². The van der Waals surface area contributed by atoms with Crippen LogP contribution in [0.25, 0.3) is 10.9 Å². The molecule has 7 heteroatoms. The number of benzene rings is 1. The maximum absolute atomic E-state index is 12.5. The van der Waals surface area contributed by atoms with Crippen LogP contribution in [0.1, 0.15) is 41.7 Å². The van der Waals surface area contributed by atoms with E-state index in [2.05, 4.69) is 20.6 Å². The normalized spacial score (nSPS) is 19.1. The van der Waals surface area contributed by atoms with Crippen molar-refractivity contribution < 1.29 is 4.79 Å². The molecule has 0 spiro atoms. The van der Waals surface area contributed by atoms with Crippen LogP contribution in [0.5, 0.6) is 0 Å². The van der Waals surface area contributed by atoms with Crippen LogP contribution in [0.4, 0.5) is 5.69 Å². The lowest BCUT2D eigenvalue weighted by atomic mass is 9.90. The number of aryl methyl sites for hydroxylation is 1. The number of hydrogen-bond donors (Lipinski definition) is 2. The lowest BCUT2D eigenvalue weighted by molar-refractivity contribution is 0.0926. The SMILES string of the molecule is Cc1cc(C(=O)N[C@H]2CC[C@@H](Nc3ccnc4cc(Cl)ccc34)CC2)cc(Cl)n1. The first-order valence-electron chi connectivity index (χ1n) is 9.74. The fourth-order valence-electron chi connectivity index (χ4n) is 3.88. The van der Waals surface area contributed by atoms with Gasteiger partial charge in [-0.2, -0.15) is 0 Å². The fraction of sp³-hybridized carbons (Fsp3) is 0.318. The number of aromatic nitrogens is 2. The highest BCUT2D eigenvalue weighted by Crippen LogP contribution is 2.28. The molecule has 0 saturated heterocycles. The Morgan fingerprint density at radius 1 is 1.03 bits per heavy atom. The first kappa shape index (κ1) is 19.9. The largest absolute Gasteiger partial charge is 0.382 e. The topological polar surface area (TPSA) is 66.9 Å². The van der Waals surface area contributed by atoms with Crippen molar-refractivity contribution in [2.24, 2.45) is 0 Å². The van der Waals surface area contributed by atoms with E-state index in [1.54, 1.807) is 18.3 Å². The van der Waals surface area contributed by atoms with Gasteiger partial charge in [0.25, 0.3) is 5.91 Å². The summed E-state index contributed by atoms with van der Waals surface area (Å²) in [5.41, 5.74) is 3.25. The molecule has 4 rings (SSSR count). The summed E-state index contributed by atoms with van der Waals surface area (Å²) in [6.07, 6.45) is 5.62. The minimum absolute atomic E-state index is 0.0918. The molecule has 0 atom stereocenters. The van der Waals surface area contributed by atoms with Gasteiger partial charge in [-0.25, -0.2) is 4.98 Å². The number of nitrogens with zero attached hydrogens (tertiary/aromatic N) is 2. The van der Waals surface area contributed by atoms with Crippen LogP contribution in [0.15, 0.2) is 42.6 Å². The third-order valence-corrected chi connectivity index (χ3v) is 5.74. The zero-order valence-corrected chi connectivity index (χ0v) is 17.6. The molecule has 0 unspecified atom stereocenters. The van der Waals surface area contributed by atoms with E-state index >= 15 is 0 Å². The molecule has 1 saturated carbocycles. The first-order chi connectivity index (χ1) is 14.0. The summed E-state index contributed by atoms with van der Waals surface area (Å²) in [5.74, 6) is -0.0918. The summed E-state index contributed by atoms with van der Waals surface area (Å²) < 4.78 is 0. The van der Waals surface area contributed by atoms with Crippen molar-refractivity contribution in [3.63, 3.8) is 0 Å². The van der Waals surface area contributed by atoms with Gasteiger partial charge < -0.3 is 10.6 Å². The molecule has 5 nitrogen and oxygen atoms in total. The number of amides is 1. The molecule has 2 aromatic heterocycles. The Balaban J connectivity index is 1.36. The van der Waals surface area contributed by atoms with Crippen molar-refractivity contribution in [1.82, 2.24) is 15.3 Å². The molecule has 0 aliphatic heterocycles. The molecule has 0 radical (unpaired) electrons. The number of halogens is 2. The minimum Gasteiger partial charge on any atom is -0.382 e. The highest BCUT2D eigenvalue weighted by molar-refractivity contribution is 6.31. The van der Waals surface area contributed by atoms with E-state index in [4.69, 9.17) is 23.2 Å². The standard InChI is InChI=1S/C22H22Cl2N4O/c1-13-10-14(11-21(24)26-13)22(29)28-17-5-3-16(4-6-17)27-19-8-9-25-20-12-15(23)2-7-18(19)20/h2,7-12,16-17H,3-6H2,1H3,(H,25,27)(H,28,29)/t16-,17+. The maximum atomic E-state index is 12.5. The lowest BCUT2D eigenvalue weighted by Crippen LogP contribution is -2.40. The highest BCUT2D eigenvalue weighted by Gasteiger charge is 2.23. The van der Waals surface area contributed by atoms with Crippen molar-refractivity contribution in [3.05, 3.63) is 64.0 Å². The third kappa shape index (κ3) is 4.80. The van der Waals surface area contributed by atoms with Crippen molar-refractivity contribution in [1.29, 1.82) is 0 Å². The Morgan fingerprint density at radius 3 is 2.55 bits per heavy atom. The summed E-state index contributed by atoms with van der Waals surface area (Å²) in [7, 11) is 0. The van der Waals surface area contributed by atoms with Gasteiger partial charge in [-0.1, -0.05) is 23.2 Å². The molecular formula is C22H22Cl2N4O. The second kappa shape index (κ2) is 8.56. The van der Waals surface area contributed by atoms with Gasteiger partial charge in [0, 0.05) is 45.6 Å². The van der Waals surface area contributed by atoms with E-state index in [9.17, 15) is 4.79 Å². The third-order valence-electron chi connectivity index (χ3n) is 5.31. The predicted molar refractivity (Wildman–Crippen MR) is 118 cm³/mol. The van der Waals surface area contributed by atoms with Crippen LogP contribution in [-0.4, -0.2) is 28.0 Å². The van der Waals surface area contributed by atoms with E-state index in [-0.39, 0.29) is 11.9 Å². The Labute approximate surface area is 179 Å². The summed E-state index contributed by atoms with van der Waals surface area (Å²) in [6, 6.07) is 11.7. The molecule has 29 heavy (non-hydrogen) atoms. The van der Waals surface area contributed by atoms with Gasteiger partial charge in [-0.15, -0.1) is 0 Å². The Morgan fingerprint density at radius 2 is 1.79 bits per heavy atom. The number of fused-ring (bicyclic) bond motifs is 1. The van der Waals surface area contributed by atoms with Gasteiger partial charge in [0.05, 0.1) is 5.52 Å². The van der Waals surface area contributed by atoms with Crippen molar-refractivity contribution in [3.8, 4) is 0 Å². The first-order valence-corrected chi connectivity index (χ1v) is 10.5. The number of rotatable bonds is 4. The number of anilines is 1. The van der Waals surface area contributed by atoms with E-state index in [1.165, 1.54) is 0 Å². The molecule has 0 bridgehead atoms.